The number of rotatable bonds is 4. The minimum atomic E-state index is -4.04. The van der Waals surface area contributed by atoms with Crippen LogP contribution in [0.25, 0.3) is 11.5 Å². The molecule has 0 bridgehead atoms. The van der Waals surface area contributed by atoms with Crippen molar-refractivity contribution in [3.63, 3.8) is 0 Å². The Labute approximate surface area is 139 Å². The third-order valence-electron chi connectivity index (χ3n) is 3.25. The van der Waals surface area contributed by atoms with Gasteiger partial charge in [-0.1, -0.05) is 17.7 Å². The Morgan fingerprint density at radius 2 is 1.88 bits per heavy atom. The zero-order chi connectivity index (χ0) is 17.2. The molecule has 0 spiro atoms. The summed E-state index contributed by atoms with van der Waals surface area (Å²) in [7, 11) is -4.04. The van der Waals surface area contributed by atoms with Crippen molar-refractivity contribution >= 4 is 10.1 Å². The molecule has 3 rings (SSSR count). The molecule has 2 aromatic heterocycles. The first-order valence-corrected chi connectivity index (χ1v) is 8.36. The van der Waals surface area contributed by atoms with E-state index in [1.165, 1.54) is 30.5 Å². The first kappa shape index (κ1) is 15.8. The van der Waals surface area contributed by atoms with Crippen LogP contribution in [-0.2, 0) is 10.1 Å². The number of aromatic nitrogens is 1. The first-order valence-electron chi connectivity index (χ1n) is 6.96. The summed E-state index contributed by atoms with van der Waals surface area (Å²) in [6.07, 6.45) is 1.48. The lowest BCUT2D eigenvalue weighted by Gasteiger charge is -2.09. The molecule has 24 heavy (non-hydrogen) atoms. The Morgan fingerprint density at radius 3 is 2.50 bits per heavy atom. The van der Waals surface area contributed by atoms with Gasteiger partial charge in [0.25, 0.3) is 0 Å². The summed E-state index contributed by atoms with van der Waals surface area (Å²) in [5.74, 6) is 0.341. The topological polar surface area (TPSA) is 93.2 Å². The van der Waals surface area contributed by atoms with E-state index in [0.29, 0.717) is 11.5 Å². The van der Waals surface area contributed by atoms with Gasteiger partial charge in [-0.05, 0) is 43.3 Å². The van der Waals surface area contributed by atoms with Gasteiger partial charge in [0.15, 0.2) is 17.2 Å². The first-order chi connectivity index (χ1) is 11.5. The molecule has 6 nitrogen and oxygen atoms in total. The predicted octanol–water partition coefficient (Wildman–Crippen LogP) is 3.29. The van der Waals surface area contributed by atoms with Gasteiger partial charge in [-0.25, -0.2) is 4.98 Å². The Bertz CT molecular complexity index is 1000. The molecule has 1 aromatic carbocycles. The second-order valence-electron chi connectivity index (χ2n) is 4.98. The van der Waals surface area contributed by atoms with E-state index in [0.717, 1.165) is 5.56 Å². The van der Waals surface area contributed by atoms with Gasteiger partial charge in [0, 0.05) is 0 Å². The summed E-state index contributed by atoms with van der Waals surface area (Å²) in [4.78, 5) is 4.09. The van der Waals surface area contributed by atoms with Crippen molar-refractivity contribution in [1.29, 1.82) is 5.26 Å². The Balaban J connectivity index is 1.95. The number of pyridine rings is 1. The van der Waals surface area contributed by atoms with Crippen LogP contribution in [0.5, 0.6) is 5.75 Å². The highest BCUT2D eigenvalue weighted by atomic mass is 32.2. The maximum absolute atomic E-state index is 12.3. The van der Waals surface area contributed by atoms with Crippen LogP contribution < -0.4 is 4.18 Å². The fraction of sp³-hybridized carbons (Fsp3) is 0.0588. The van der Waals surface area contributed by atoms with Gasteiger partial charge in [-0.15, -0.1) is 0 Å². The zero-order valence-electron chi connectivity index (χ0n) is 12.6. The van der Waals surface area contributed by atoms with Gasteiger partial charge in [0.1, 0.15) is 16.7 Å². The van der Waals surface area contributed by atoms with Crippen molar-refractivity contribution in [1.82, 2.24) is 4.98 Å². The number of aryl methyl sites for hydroxylation is 1. The van der Waals surface area contributed by atoms with Crippen LogP contribution in [0.1, 0.15) is 11.3 Å². The normalized spacial score (nSPS) is 11.0. The van der Waals surface area contributed by atoms with Crippen LogP contribution in [0.3, 0.4) is 0 Å². The monoisotopic (exact) mass is 340 g/mol. The van der Waals surface area contributed by atoms with Crippen LogP contribution in [0.2, 0.25) is 0 Å². The summed E-state index contributed by atoms with van der Waals surface area (Å²) < 4.78 is 34.9. The zero-order valence-corrected chi connectivity index (χ0v) is 13.4. The molecule has 2 heterocycles. The fourth-order valence-electron chi connectivity index (χ4n) is 2.03. The van der Waals surface area contributed by atoms with Crippen molar-refractivity contribution in [2.75, 3.05) is 0 Å². The van der Waals surface area contributed by atoms with Gasteiger partial charge < -0.3 is 8.60 Å². The van der Waals surface area contributed by atoms with Crippen molar-refractivity contribution < 1.29 is 17.0 Å². The number of nitriles is 1. The molecular weight excluding hydrogens is 328 g/mol. The molecule has 0 aliphatic carbocycles. The van der Waals surface area contributed by atoms with Gasteiger partial charge in [0.2, 0.25) is 0 Å². The van der Waals surface area contributed by atoms with Crippen LogP contribution in [-0.4, -0.2) is 13.4 Å². The van der Waals surface area contributed by atoms with Crippen LogP contribution in [0, 0.1) is 18.3 Å². The van der Waals surface area contributed by atoms with Crippen LogP contribution in [0.15, 0.2) is 64.1 Å². The Morgan fingerprint density at radius 1 is 1.12 bits per heavy atom. The van der Waals surface area contributed by atoms with Gasteiger partial charge in [-0.2, -0.15) is 13.7 Å². The summed E-state index contributed by atoms with van der Waals surface area (Å²) in [6.45, 7) is 1.85. The Hall–Kier alpha value is -3.11. The molecule has 0 amide bonds. The van der Waals surface area contributed by atoms with E-state index in [2.05, 4.69) is 4.98 Å². The molecule has 0 aliphatic heterocycles. The third-order valence-corrected chi connectivity index (χ3v) is 4.50. The highest BCUT2D eigenvalue weighted by Gasteiger charge is 2.20. The molecule has 7 heteroatoms. The molecular formula is C17H12N2O4S. The molecule has 0 saturated heterocycles. The third kappa shape index (κ3) is 3.14. The van der Waals surface area contributed by atoms with Crippen molar-refractivity contribution in [2.45, 2.75) is 11.8 Å². The van der Waals surface area contributed by atoms with Gasteiger partial charge in [-0.3, -0.25) is 0 Å². The van der Waals surface area contributed by atoms with Crippen molar-refractivity contribution in [3.05, 3.63) is 66.1 Å². The van der Waals surface area contributed by atoms with Crippen LogP contribution >= 0.6 is 0 Å². The summed E-state index contributed by atoms with van der Waals surface area (Å²) in [5, 5.41) is 9.23. The molecule has 3 aromatic rings. The second kappa shape index (κ2) is 6.18. The maximum atomic E-state index is 12.3. The SMILES string of the molecule is Cc1ccc(S(=O)(=O)Oc2ccc(-c3ccco3)nc2C#N)cc1. The van der Waals surface area contributed by atoms with E-state index >= 15 is 0 Å². The molecule has 0 radical (unpaired) electrons. The van der Waals surface area contributed by atoms with Crippen molar-refractivity contribution in [3.8, 4) is 23.3 Å². The van der Waals surface area contributed by atoms with Gasteiger partial charge >= 0.3 is 10.1 Å². The largest absolute Gasteiger partial charge is 0.463 e. The lowest BCUT2D eigenvalue weighted by atomic mass is 10.2. The standard InChI is InChI=1S/C17H12N2O4S/c1-12-4-6-13(7-5-12)24(20,21)23-17-9-8-14(19-15(17)11-18)16-3-2-10-22-16/h2-10H,1H3. The molecule has 0 unspecified atom stereocenters. The smallest absolute Gasteiger partial charge is 0.339 e. The van der Waals surface area contributed by atoms with E-state index in [1.54, 1.807) is 24.3 Å². The minimum absolute atomic E-state index is 0.00657. The second-order valence-corrected chi connectivity index (χ2v) is 6.53. The lowest BCUT2D eigenvalue weighted by molar-refractivity contribution is 0.484. The number of nitrogens with zero attached hydrogens (tertiary/aromatic N) is 2. The van der Waals surface area contributed by atoms with Crippen molar-refractivity contribution in [2.24, 2.45) is 0 Å². The number of furan rings is 1. The predicted molar refractivity (Wildman–Crippen MR) is 85.6 cm³/mol. The average Bonchev–Trinajstić information content (AvgIpc) is 3.10. The molecule has 0 aliphatic rings. The van der Waals surface area contributed by atoms with E-state index in [-0.39, 0.29) is 16.3 Å². The molecule has 0 saturated carbocycles. The van der Waals surface area contributed by atoms with Crippen LogP contribution in [0.4, 0.5) is 0 Å². The average molecular weight is 340 g/mol. The van der Waals surface area contributed by atoms with E-state index in [9.17, 15) is 13.7 Å². The maximum Gasteiger partial charge on any atom is 0.339 e. The molecule has 120 valence electrons. The number of benzene rings is 1. The van der Waals surface area contributed by atoms with Gasteiger partial charge in [0.05, 0.1) is 6.26 Å². The fourth-order valence-corrected chi connectivity index (χ4v) is 2.96. The lowest BCUT2D eigenvalue weighted by Crippen LogP contribution is -2.11. The highest BCUT2D eigenvalue weighted by Crippen LogP contribution is 2.26. The number of hydrogen-bond acceptors (Lipinski definition) is 6. The molecule has 0 N–H and O–H groups in total. The summed E-state index contributed by atoms with van der Waals surface area (Å²) in [6, 6.07) is 14.4. The molecule has 0 atom stereocenters. The van der Waals surface area contributed by atoms with E-state index < -0.39 is 10.1 Å². The Kier molecular flexibility index (Phi) is 4.06. The molecule has 0 fully saturated rings. The van der Waals surface area contributed by atoms with E-state index in [1.807, 2.05) is 13.0 Å². The quantitative estimate of drug-likeness (QED) is 0.677. The van der Waals surface area contributed by atoms with E-state index in [4.69, 9.17) is 8.60 Å². The summed E-state index contributed by atoms with van der Waals surface area (Å²) in [5.41, 5.74) is 1.20. The minimum Gasteiger partial charge on any atom is -0.463 e. The summed E-state index contributed by atoms with van der Waals surface area (Å²) >= 11 is 0. The highest BCUT2D eigenvalue weighted by molar-refractivity contribution is 7.87. The number of hydrogen-bond donors (Lipinski definition) is 0.